The van der Waals surface area contributed by atoms with Gasteiger partial charge in [0.25, 0.3) is 5.91 Å². The summed E-state index contributed by atoms with van der Waals surface area (Å²) in [6.07, 6.45) is 0. The van der Waals surface area contributed by atoms with E-state index < -0.39 is 0 Å². The maximum absolute atomic E-state index is 12.6. The van der Waals surface area contributed by atoms with Gasteiger partial charge in [-0.15, -0.1) is 11.3 Å². The highest BCUT2D eigenvalue weighted by Crippen LogP contribution is 2.33. The van der Waals surface area contributed by atoms with E-state index in [1.54, 1.807) is 0 Å². The molecule has 0 radical (unpaired) electrons. The zero-order valence-corrected chi connectivity index (χ0v) is 14.0. The molecule has 1 fully saturated rings. The monoisotopic (exact) mass is 335 g/mol. The Hall–Kier alpha value is -1.63. The van der Waals surface area contributed by atoms with Crippen molar-refractivity contribution in [2.75, 3.05) is 39.5 Å². The van der Waals surface area contributed by atoms with Crippen molar-refractivity contribution in [1.82, 2.24) is 4.90 Å². The van der Waals surface area contributed by atoms with Crippen LogP contribution in [0.25, 0.3) is 10.1 Å². The third-order valence-electron chi connectivity index (χ3n) is 3.87. The molecule has 0 saturated carbocycles. The van der Waals surface area contributed by atoms with E-state index in [0.29, 0.717) is 32.9 Å². The average Bonchev–Trinajstić information content (AvgIpc) is 3.04. The van der Waals surface area contributed by atoms with E-state index in [0.717, 1.165) is 20.7 Å². The normalized spacial score (nSPS) is 16.5. The van der Waals surface area contributed by atoms with E-state index in [1.807, 2.05) is 36.1 Å². The second-order valence-electron chi connectivity index (χ2n) is 5.78. The predicted molar refractivity (Wildman–Crippen MR) is 90.3 cm³/mol. The van der Waals surface area contributed by atoms with Gasteiger partial charge in [0.1, 0.15) is 5.75 Å². The van der Waals surface area contributed by atoms with Crippen LogP contribution < -0.4 is 4.74 Å². The number of carbonyl (C=O) groups excluding carboxylic acids is 1. The quantitative estimate of drug-likeness (QED) is 0.911. The molecule has 0 bridgehead atoms. The Morgan fingerprint density at radius 3 is 2.96 bits per heavy atom. The highest BCUT2D eigenvalue weighted by atomic mass is 32.1. The average molecular weight is 335 g/mol. The fourth-order valence-electron chi connectivity index (χ4n) is 2.47. The number of nitrogens with zero attached hydrogens (tertiary/aromatic N) is 1. The minimum Gasteiger partial charge on any atom is -0.493 e. The Morgan fingerprint density at radius 1 is 1.43 bits per heavy atom. The van der Waals surface area contributed by atoms with E-state index in [4.69, 9.17) is 14.6 Å². The SMILES string of the molecule is C[C@@H](CO)COc1cccc2sc(C(=O)N3CCOCC3)cc12. The molecule has 1 saturated heterocycles. The van der Waals surface area contributed by atoms with Crippen LogP contribution in [0.2, 0.25) is 0 Å². The number of thiophene rings is 1. The van der Waals surface area contributed by atoms with Gasteiger partial charge >= 0.3 is 0 Å². The molecule has 5 nitrogen and oxygen atoms in total. The third kappa shape index (κ3) is 3.65. The number of benzene rings is 1. The lowest BCUT2D eigenvalue weighted by atomic mass is 10.2. The molecular weight excluding hydrogens is 314 g/mol. The van der Waals surface area contributed by atoms with Gasteiger partial charge in [-0.1, -0.05) is 13.0 Å². The highest BCUT2D eigenvalue weighted by molar-refractivity contribution is 7.20. The summed E-state index contributed by atoms with van der Waals surface area (Å²) in [5.74, 6) is 0.905. The molecule has 0 unspecified atom stereocenters. The molecule has 1 aliphatic heterocycles. The summed E-state index contributed by atoms with van der Waals surface area (Å²) in [6, 6.07) is 7.75. The molecule has 0 spiro atoms. The van der Waals surface area contributed by atoms with Crippen LogP contribution in [-0.4, -0.2) is 55.4 Å². The first-order valence-corrected chi connectivity index (χ1v) is 8.64. The topological polar surface area (TPSA) is 59.0 Å². The van der Waals surface area contributed by atoms with Crippen LogP contribution in [0.15, 0.2) is 24.3 Å². The largest absolute Gasteiger partial charge is 0.493 e. The molecule has 1 aliphatic rings. The van der Waals surface area contributed by atoms with Gasteiger partial charge in [0.15, 0.2) is 0 Å². The number of hydrogen-bond acceptors (Lipinski definition) is 5. The Labute approximate surface area is 139 Å². The molecule has 1 amide bonds. The molecule has 1 atom stereocenters. The van der Waals surface area contributed by atoms with Crippen LogP contribution in [0.3, 0.4) is 0 Å². The Balaban J connectivity index is 1.82. The van der Waals surface area contributed by atoms with Crippen molar-refractivity contribution >= 4 is 27.3 Å². The standard InChI is InChI=1S/C17H21NO4S/c1-12(10-19)11-22-14-3-2-4-15-13(14)9-16(23-15)17(20)18-5-7-21-8-6-18/h2-4,9,12,19H,5-8,10-11H2,1H3/t12-/m0/s1. The number of carbonyl (C=O) groups is 1. The predicted octanol–water partition coefficient (Wildman–Crippen LogP) is 2.38. The maximum atomic E-state index is 12.6. The van der Waals surface area contributed by atoms with Gasteiger partial charge in [0.05, 0.1) is 24.7 Å². The van der Waals surface area contributed by atoms with Crippen LogP contribution in [-0.2, 0) is 4.74 Å². The first-order chi connectivity index (χ1) is 11.2. The number of aliphatic hydroxyl groups excluding tert-OH is 1. The second kappa shape index (κ2) is 7.29. The van der Waals surface area contributed by atoms with Gasteiger partial charge in [0, 0.05) is 35.7 Å². The summed E-state index contributed by atoms with van der Waals surface area (Å²) < 4.78 is 12.1. The van der Waals surface area contributed by atoms with Crippen LogP contribution in [0, 0.1) is 5.92 Å². The summed E-state index contributed by atoms with van der Waals surface area (Å²) in [6.45, 7) is 4.97. The van der Waals surface area contributed by atoms with Crippen molar-refractivity contribution in [2.45, 2.75) is 6.92 Å². The van der Waals surface area contributed by atoms with Crippen molar-refractivity contribution in [2.24, 2.45) is 5.92 Å². The van der Waals surface area contributed by atoms with Crippen LogP contribution in [0.4, 0.5) is 0 Å². The Bertz CT molecular complexity index is 678. The van der Waals surface area contributed by atoms with Gasteiger partial charge in [-0.25, -0.2) is 0 Å². The van der Waals surface area contributed by atoms with Gasteiger partial charge in [-0.2, -0.15) is 0 Å². The van der Waals surface area contributed by atoms with Crippen molar-refractivity contribution in [1.29, 1.82) is 0 Å². The summed E-state index contributed by atoms with van der Waals surface area (Å²) in [5, 5.41) is 10.1. The molecule has 23 heavy (non-hydrogen) atoms. The lowest BCUT2D eigenvalue weighted by Gasteiger charge is -2.26. The number of amides is 1. The Kier molecular flexibility index (Phi) is 5.15. The van der Waals surface area contributed by atoms with E-state index in [1.165, 1.54) is 11.3 Å². The molecule has 1 aromatic carbocycles. The highest BCUT2D eigenvalue weighted by Gasteiger charge is 2.21. The lowest BCUT2D eigenvalue weighted by Crippen LogP contribution is -2.40. The summed E-state index contributed by atoms with van der Waals surface area (Å²) in [7, 11) is 0. The lowest BCUT2D eigenvalue weighted by molar-refractivity contribution is 0.0306. The smallest absolute Gasteiger partial charge is 0.264 e. The van der Waals surface area contributed by atoms with Crippen molar-refractivity contribution in [3.63, 3.8) is 0 Å². The number of hydrogen-bond donors (Lipinski definition) is 1. The molecule has 1 aromatic heterocycles. The number of fused-ring (bicyclic) bond motifs is 1. The van der Waals surface area contributed by atoms with Crippen LogP contribution in [0.1, 0.15) is 16.6 Å². The minimum atomic E-state index is 0.0594. The van der Waals surface area contributed by atoms with Crippen molar-refractivity contribution in [3.05, 3.63) is 29.1 Å². The number of ether oxygens (including phenoxy) is 2. The molecule has 6 heteroatoms. The zero-order valence-electron chi connectivity index (χ0n) is 13.2. The molecule has 124 valence electrons. The van der Waals surface area contributed by atoms with Crippen molar-refractivity contribution < 1.29 is 19.4 Å². The molecule has 2 aromatic rings. The second-order valence-corrected chi connectivity index (χ2v) is 6.87. The number of rotatable bonds is 5. The molecule has 2 heterocycles. The molecular formula is C17H21NO4S. The van der Waals surface area contributed by atoms with Crippen LogP contribution in [0.5, 0.6) is 5.75 Å². The van der Waals surface area contributed by atoms with E-state index >= 15 is 0 Å². The Morgan fingerprint density at radius 2 is 2.22 bits per heavy atom. The first-order valence-electron chi connectivity index (χ1n) is 7.82. The zero-order chi connectivity index (χ0) is 16.2. The van der Waals surface area contributed by atoms with Gasteiger partial charge in [-0.3, -0.25) is 4.79 Å². The van der Waals surface area contributed by atoms with E-state index in [9.17, 15) is 4.79 Å². The summed E-state index contributed by atoms with van der Waals surface area (Å²) >= 11 is 1.49. The van der Waals surface area contributed by atoms with Gasteiger partial charge < -0.3 is 19.5 Å². The summed E-state index contributed by atoms with van der Waals surface area (Å²) in [5.41, 5.74) is 0. The van der Waals surface area contributed by atoms with Crippen LogP contribution >= 0.6 is 11.3 Å². The maximum Gasteiger partial charge on any atom is 0.264 e. The van der Waals surface area contributed by atoms with Crippen molar-refractivity contribution in [3.8, 4) is 5.75 Å². The summed E-state index contributed by atoms with van der Waals surface area (Å²) in [4.78, 5) is 15.2. The minimum absolute atomic E-state index is 0.0594. The number of morpholine rings is 1. The molecule has 0 aliphatic carbocycles. The number of aliphatic hydroxyl groups is 1. The fraction of sp³-hybridized carbons (Fsp3) is 0.471. The third-order valence-corrected chi connectivity index (χ3v) is 4.95. The fourth-order valence-corrected chi connectivity index (χ4v) is 3.52. The van der Waals surface area contributed by atoms with Gasteiger partial charge in [0.2, 0.25) is 0 Å². The first kappa shape index (κ1) is 16.2. The molecule has 1 N–H and O–H groups in total. The molecule has 3 rings (SSSR count). The van der Waals surface area contributed by atoms with E-state index in [2.05, 4.69) is 0 Å². The van der Waals surface area contributed by atoms with Gasteiger partial charge in [-0.05, 0) is 18.2 Å². The van der Waals surface area contributed by atoms with E-state index in [-0.39, 0.29) is 18.4 Å².